The van der Waals surface area contributed by atoms with Crippen molar-refractivity contribution >= 4 is 22.6 Å². The van der Waals surface area contributed by atoms with Crippen LogP contribution in [0.4, 0.5) is 0 Å². The normalized spacial score (nSPS) is 18.8. The second-order valence-corrected chi connectivity index (χ2v) is 5.79. The number of halogens is 1. The van der Waals surface area contributed by atoms with E-state index in [-0.39, 0.29) is 0 Å². The van der Waals surface area contributed by atoms with E-state index >= 15 is 0 Å². The molecule has 0 radical (unpaired) electrons. The molecule has 1 aromatic heterocycles. The number of rotatable bonds is 4. The Hall–Kier alpha value is -1.52. The molecule has 1 aromatic carbocycles. The highest BCUT2D eigenvalue weighted by Crippen LogP contribution is 2.27. The van der Waals surface area contributed by atoms with Crippen molar-refractivity contribution in [1.29, 1.82) is 0 Å². The van der Waals surface area contributed by atoms with Gasteiger partial charge in [0.1, 0.15) is 11.3 Å². The van der Waals surface area contributed by atoms with Gasteiger partial charge in [-0.25, -0.2) is 4.79 Å². The van der Waals surface area contributed by atoms with Gasteiger partial charge in [0.15, 0.2) is 0 Å². The van der Waals surface area contributed by atoms with Gasteiger partial charge in [-0.2, -0.15) is 0 Å². The van der Waals surface area contributed by atoms with Gasteiger partial charge < -0.3 is 14.5 Å². The first-order valence-corrected chi connectivity index (χ1v) is 7.70. The van der Waals surface area contributed by atoms with Crippen LogP contribution < -0.4 is 15.7 Å². The topological polar surface area (TPSA) is 51.5 Å². The lowest BCUT2D eigenvalue weighted by molar-refractivity contribution is 0.269. The summed E-state index contributed by atoms with van der Waals surface area (Å²) >= 11 is 6.00. The molecule has 1 atom stereocenters. The molecule has 1 saturated heterocycles. The van der Waals surface area contributed by atoms with Crippen molar-refractivity contribution in [1.82, 2.24) is 5.32 Å². The van der Waals surface area contributed by atoms with E-state index < -0.39 is 5.63 Å². The Labute approximate surface area is 128 Å². The molecule has 0 saturated carbocycles. The number of ether oxygens (including phenoxy) is 1. The molecule has 1 fully saturated rings. The molecule has 3 rings (SSSR count). The molecule has 1 N–H and O–H groups in total. The van der Waals surface area contributed by atoms with Gasteiger partial charge in [0.2, 0.25) is 0 Å². The zero-order chi connectivity index (χ0) is 14.7. The molecule has 1 aliphatic rings. The van der Waals surface area contributed by atoms with Crippen LogP contribution in [0, 0.1) is 0 Å². The Bertz CT molecular complexity index is 677. The molecule has 1 unspecified atom stereocenters. The van der Waals surface area contributed by atoms with Crippen LogP contribution in [-0.4, -0.2) is 19.2 Å². The van der Waals surface area contributed by atoms with Gasteiger partial charge in [-0.05, 0) is 44.0 Å². The molecule has 2 aromatic rings. The van der Waals surface area contributed by atoms with Crippen molar-refractivity contribution in [2.45, 2.75) is 31.7 Å². The van der Waals surface area contributed by atoms with Gasteiger partial charge in [0, 0.05) is 11.1 Å². The lowest BCUT2D eigenvalue weighted by atomic mass is 10.0. The number of fused-ring (bicyclic) bond motifs is 1. The average Bonchev–Trinajstić information content (AvgIpc) is 2.49. The van der Waals surface area contributed by atoms with E-state index in [2.05, 4.69) is 5.32 Å². The first-order valence-electron chi connectivity index (χ1n) is 7.32. The Morgan fingerprint density at radius 1 is 1.33 bits per heavy atom. The fraction of sp³-hybridized carbons (Fsp3) is 0.438. The molecule has 112 valence electrons. The molecule has 2 heterocycles. The van der Waals surface area contributed by atoms with Crippen LogP contribution >= 0.6 is 11.6 Å². The summed E-state index contributed by atoms with van der Waals surface area (Å²) in [4.78, 5) is 11.6. The number of hydrogen-bond donors (Lipinski definition) is 1. The van der Waals surface area contributed by atoms with Crippen LogP contribution in [0.5, 0.6) is 5.75 Å². The molecular formula is C16H18ClNO3. The number of piperidine rings is 1. The van der Waals surface area contributed by atoms with E-state index in [4.69, 9.17) is 20.8 Å². The van der Waals surface area contributed by atoms with Gasteiger partial charge in [-0.3, -0.25) is 0 Å². The van der Waals surface area contributed by atoms with E-state index in [1.165, 1.54) is 25.3 Å². The Morgan fingerprint density at radius 3 is 3.05 bits per heavy atom. The molecule has 0 spiro atoms. The van der Waals surface area contributed by atoms with Crippen LogP contribution in [0.2, 0.25) is 5.02 Å². The second kappa shape index (κ2) is 6.50. The van der Waals surface area contributed by atoms with Crippen molar-refractivity contribution in [3.63, 3.8) is 0 Å². The molecular weight excluding hydrogens is 290 g/mol. The highest BCUT2D eigenvalue weighted by atomic mass is 35.5. The smallest absolute Gasteiger partial charge is 0.339 e. The minimum absolute atomic E-state index is 0.407. The summed E-state index contributed by atoms with van der Waals surface area (Å²) in [7, 11) is 0. The van der Waals surface area contributed by atoms with Crippen LogP contribution in [0.3, 0.4) is 0 Å². The minimum Gasteiger partial charge on any atom is -0.492 e. The van der Waals surface area contributed by atoms with Crippen LogP contribution in [-0.2, 0) is 0 Å². The zero-order valence-electron chi connectivity index (χ0n) is 11.7. The fourth-order valence-corrected chi connectivity index (χ4v) is 2.88. The van der Waals surface area contributed by atoms with Crippen molar-refractivity contribution in [3.8, 4) is 5.75 Å². The van der Waals surface area contributed by atoms with E-state index in [1.807, 2.05) is 0 Å². The quantitative estimate of drug-likeness (QED) is 0.880. The maximum absolute atomic E-state index is 11.6. The Morgan fingerprint density at radius 2 is 2.24 bits per heavy atom. The minimum atomic E-state index is -0.407. The summed E-state index contributed by atoms with van der Waals surface area (Å²) < 4.78 is 10.9. The van der Waals surface area contributed by atoms with E-state index in [9.17, 15) is 4.79 Å². The first kappa shape index (κ1) is 14.4. The maximum atomic E-state index is 11.6. The highest BCUT2D eigenvalue weighted by Gasteiger charge is 2.13. The molecule has 0 amide bonds. The number of benzene rings is 1. The van der Waals surface area contributed by atoms with Gasteiger partial charge >= 0.3 is 5.63 Å². The van der Waals surface area contributed by atoms with E-state index in [0.29, 0.717) is 29.0 Å². The summed E-state index contributed by atoms with van der Waals surface area (Å²) in [6, 6.07) is 7.03. The third-order valence-corrected chi connectivity index (χ3v) is 4.04. The van der Waals surface area contributed by atoms with Gasteiger partial charge in [-0.1, -0.05) is 18.0 Å². The first-order chi connectivity index (χ1) is 10.2. The standard InChI is InChI=1S/C16H18ClNO3/c17-11-4-5-14-13(9-11)15(10-16(19)21-14)20-8-6-12-3-1-2-7-18-12/h4-5,9-10,12,18H,1-3,6-8H2. The maximum Gasteiger partial charge on any atom is 0.339 e. The van der Waals surface area contributed by atoms with Crippen molar-refractivity contribution in [3.05, 3.63) is 39.7 Å². The molecule has 5 heteroatoms. The number of hydrogen-bond acceptors (Lipinski definition) is 4. The SMILES string of the molecule is O=c1cc(OCCC2CCCCN2)c2cc(Cl)ccc2o1. The van der Waals surface area contributed by atoms with Crippen LogP contribution in [0.1, 0.15) is 25.7 Å². The molecule has 21 heavy (non-hydrogen) atoms. The second-order valence-electron chi connectivity index (χ2n) is 5.35. The third-order valence-electron chi connectivity index (χ3n) is 3.80. The van der Waals surface area contributed by atoms with E-state index in [0.717, 1.165) is 18.4 Å². The van der Waals surface area contributed by atoms with Gasteiger partial charge in [0.25, 0.3) is 0 Å². The van der Waals surface area contributed by atoms with Crippen LogP contribution in [0.15, 0.2) is 33.5 Å². The van der Waals surface area contributed by atoms with Gasteiger partial charge in [-0.15, -0.1) is 0 Å². The largest absolute Gasteiger partial charge is 0.492 e. The summed E-state index contributed by atoms with van der Waals surface area (Å²) in [5, 5.41) is 4.81. The van der Waals surface area contributed by atoms with Crippen molar-refractivity contribution in [2.24, 2.45) is 0 Å². The zero-order valence-corrected chi connectivity index (χ0v) is 12.5. The fourth-order valence-electron chi connectivity index (χ4n) is 2.71. The Kier molecular flexibility index (Phi) is 4.46. The van der Waals surface area contributed by atoms with Crippen LogP contribution in [0.25, 0.3) is 11.0 Å². The lowest BCUT2D eigenvalue weighted by Crippen LogP contribution is -2.35. The third kappa shape index (κ3) is 3.57. The number of nitrogens with one attached hydrogen (secondary N) is 1. The lowest BCUT2D eigenvalue weighted by Gasteiger charge is -2.23. The van der Waals surface area contributed by atoms with E-state index in [1.54, 1.807) is 18.2 Å². The summed E-state index contributed by atoms with van der Waals surface area (Å²) in [6.07, 6.45) is 4.64. The monoisotopic (exact) mass is 307 g/mol. The summed E-state index contributed by atoms with van der Waals surface area (Å²) in [5.74, 6) is 0.541. The summed E-state index contributed by atoms with van der Waals surface area (Å²) in [6.45, 7) is 1.65. The summed E-state index contributed by atoms with van der Waals surface area (Å²) in [5.41, 5.74) is 0.0910. The Balaban J connectivity index is 1.73. The molecule has 0 aliphatic carbocycles. The van der Waals surface area contributed by atoms with Crippen molar-refractivity contribution in [2.75, 3.05) is 13.2 Å². The van der Waals surface area contributed by atoms with Gasteiger partial charge in [0.05, 0.1) is 18.1 Å². The molecule has 1 aliphatic heterocycles. The predicted molar refractivity (Wildman–Crippen MR) is 83.2 cm³/mol. The molecule has 4 nitrogen and oxygen atoms in total. The molecule has 0 bridgehead atoms. The predicted octanol–water partition coefficient (Wildman–Crippen LogP) is 3.36. The average molecular weight is 308 g/mol. The van der Waals surface area contributed by atoms with Crippen molar-refractivity contribution < 1.29 is 9.15 Å². The highest BCUT2D eigenvalue weighted by molar-refractivity contribution is 6.31.